The van der Waals surface area contributed by atoms with E-state index in [0.29, 0.717) is 11.2 Å². The van der Waals surface area contributed by atoms with Gasteiger partial charge in [-0.3, -0.25) is 14.2 Å². The topological polar surface area (TPSA) is 64.0 Å². The lowest BCUT2D eigenvalue weighted by atomic mass is 10.0. The number of carbonyl (C=O) groups is 1. The smallest absolute Gasteiger partial charge is 0.263 e. The zero-order chi connectivity index (χ0) is 19.7. The molecule has 142 valence electrons. The maximum absolute atomic E-state index is 13.0. The van der Waals surface area contributed by atoms with Gasteiger partial charge in [-0.1, -0.05) is 32.0 Å². The summed E-state index contributed by atoms with van der Waals surface area (Å²) in [6, 6.07) is 6.07. The van der Waals surface area contributed by atoms with Crippen LogP contribution >= 0.6 is 11.3 Å². The van der Waals surface area contributed by atoms with Gasteiger partial charge in [-0.15, -0.1) is 11.3 Å². The molecule has 1 aromatic carbocycles. The molecular weight excluding hydrogens is 358 g/mol. The molecule has 5 nitrogen and oxygen atoms in total. The number of thiophene rings is 1. The summed E-state index contributed by atoms with van der Waals surface area (Å²) in [6.45, 7) is 9.79. The molecule has 3 rings (SSSR count). The van der Waals surface area contributed by atoms with E-state index in [-0.39, 0.29) is 18.0 Å². The van der Waals surface area contributed by atoms with Crippen molar-refractivity contribution in [2.45, 2.75) is 54.0 Å². The van der Waals surface area contributed by atoms with Crippen LogP contribution in [-0.2, 0) is 24.2 Å². The number of anilines is 1. The first-order valence-electron chi connectivity index (χ1n) is 9.25. The first kappa shape index (κ1) is 19.3. The van der Waals surface area contributed by atoms with Crippen molar-refractivity contribution >= 4 is 33.1 Å². The predicted octanol–water partition coefficient (Wildman–Crippen LogP) is 4.15. The summed E-state index contributed by atoms with van der Waals surface area (Å²) in [6.07, 6.45) is 1.67. The fourth-order valence-corrected chi connectivity index (χ4v) is 4.41. The summed E-state index contributed by atoms with van der Waals surface area (Å²) in [7, 11) is 0. The Kier molecular flexibility index (Phi) is 5.46. The van der Waals surface area contributed by atoms with Crippen LogP contribution in [0.4, 0.5) is 5.69 Å². The SMILES string of the molecule is CCc1cccc(CC)c1NC(=O)Cn1c(C)nc2sc(C)c(C)c2c1=O. The highest BCUT2D eigenvalue weighted by Gasteiger charge is 2.17. The minimum atomic E-state index is -0.207. The maximum atomic E-state index is 13.0. The Morgan fingerprint density at radius 1 is 1.15 bits per heavy atom. The molecule has 0 aliphatic carbocycles. The van der Waals surface area contributed by atoms with Gasteiger partial charge in [0.05, 0.1) is 5.39 Å². The monoisotopic (exact) mass is 383 g/mol. The number of hydrogen-bond donors (Lipinski definition) is 1. The molecule has 2 heterocycles. The van der Waals surface area contributed by atoms with Gasteiger partial charge in [0.15, 0.2) is 0 Å². The molecule has 0 bridgehead atoms. The highest BCUT2D eigenvalue weighted by molar-refractivity contribution is 7.18. The van der Waals surface area contributed by atoms with E-state index in [2.05, 4.69) is 24.1 Å². The molecule has 27 heavy (non-hydrogen) atoms. The van der Waals surface area contributed by atoms with E-state index in [0.717, 1.165) is 44.9 Å². The Morgan fingerprint density at radius 3 is 2.37 bits per heavy atom. The molecule has 0 atom stereocenters. The van der Waals surface area contributed by atoms with E-state index in [1.54, 1.807) is 6.92 Å². The van der Waals surface area contributed by atoms with Crippen LogP contribution < -0.4 is 10.9 Å². The van der Waals surface area contributed by atoms with Crippen LogP contribution in [0, 0.1) is 20.8 Å². The van der Waals surface area contributed by atoms with E-state index >= 15 is 0 Å². The molecule has 0 spiro atoms. The average molecular weight is 384 g/mol. The highest BCUT2D eigenvalue weighted by Crippen LogP contribution is 2.26. The summed E-state index contributed by atoms with van der Waals surface area (Å²) in [4.78, 5) is 32.1. The van der Waals surface area contributed by atoms with E-state index in [9.17, 15) is 9.59 Å². The second kappa shape index (κ2) is 7.64. The van der Waals surface area contributed by atoms with Gasteiger partial charge < -0.3 is 5.32 Å². The first-order valence-corrected chi connectivity index (χ1v) is 10.1. The number of para-hydroxylation sites is 1. The van der Waals surface area contributed by atoms with Crippen molar-refractivity contribution in [1.82, 2.24) is 9.55 Å². The molecule has 2 aromatic heterocycles. The molecule has 0 saturated heterocycles. The quantitative estimate of drug-likeness (QED) is 0.720. The Bertz CT molecular complexity index is 1060. The second-order valence-corrected chi connectivity index (χ2v) is 7.92. The molecule has 0 aliphatic heterocycles. The number of aryl methyl sites for hydroxylation is 5. The Labute approximate surface area is 163 Å². The normalized spacial score (nSPS) is 11.1. The predicted molar refractivity (Wildman–Crippen MR) is 112 cm³/mol. The van der Waals surface area contributed by atoms with Crippen LogP contribution in [0.3, 0.4) is 0 Å². The molecular formula is C21H25N3O2S. The van der Waals surface area contributed by atoms with Crippen LogP contribution in [-0.4, -0.2) is 15.5 Å². The number of nitrogens with one attached hydrogen (secondary N) is 1. The van der Waals surface area contributed by atoms with Crippen molar-refractivity contribution in [1.29, 1.82) is 0 Å². The Balaban J connectivity index is 1.96. The minimum absolute atomic E-state index is 0.0385. The first-order chi connectivity index (χ1) is 12.9. The van der Waals surface area contributed by atoms with Crippen LogP contribution in [0.5, 0.6) is 0 Å². The van der Waals surface area contributed by atoms with E-state index in [1.165, 1.54) is 15.9 Å². The summed E-state index contributed by atoms with van der Waals surface area (Å²) in [5.41, 5.74) is 3.88. The Hall–Kier alpha value is -2.47. The highest BCUT2D eigenvalue weighted by atomic mass is 32.1. The number of carbonyl (C=O) groups excluding carboxylic acids is 1. The van der Waals surface area contributed by atoms with E-state index in [4.69, 9.17) is 0 Å². The van der Waals surface area contributed by atoms with Crippen LogP contribution in [0.15, 0.2) is 23.0 Å². The van der Waals surface area contributed by atoms with Crippen LogP contribution in [0.1, 0.15) is 41.2 Å². The molecule has 0 saturated carbocycles. The number of amides is 1. The molecule has 1 amide bonds. The fraction of sp³-hybridized carbons (Fsp3) is 0.381. The van der Waals surface area contributed by atoms with Gasteiger partial charge in [0.1, 0.15) is 17.2 Å². The van der Waals surface area contributed by atoms with Crippen LogP contribution in [0.25, 0.3) is 10.2 Å². The maximum Gasteiger partial charge on any atom is 0.263 e. The van der Waals surface area contributed by atoms with Crippen molar-refractivity contribution in [2.75, 3.05) is 5.32 Å². The summed E-state index contributed by atoms with van der Waals surface area (Å²) < 4.78 is 1.47. The third kappa shape index (κ3) is 3.54. The van der Waals surface area contributed by atoms with Gasteiger partial charge in [-0.05, 0) is 50.3 Å². The number of rotatable bonds is 5. The molecule has 6 heteroatoms. The van der Waals surface area contributed by atoms with Crippen molar-refractivity contribution in [2.24, 2.45) is 0 Å². The molecule has 0 aliphatic rings. The molecule has 0 unspecified atom stereocenters. The van der Waals surface area contributed by atoms with Gasteiger partial charge in [0, 0.05) is 10.6 Å². The van der Waals surface area contributed by atoms with Crippen molar-refractivity contribution < 1.29 is 4.79 Å². The zero-order valence-corrected chi connectivity index (χ0v) is 17.3. The van der Waals surface area contributed by atoms with Crippen LogP contribution in [0.2, 0.25) is 0 Å². The van der Waals surface area contributed by atoms with Gasteiger partial charge in [0.25, 0.3) is 5.56 Å². The van der Waals surface area contributed by atoms with Gasteiger partial charge in [-0.25, -0.2) is 4.98 Å². The lowest BCUT2D eigenvalue weighted by Crippen LogP contribution is -2.30. The number of hydrogen-bond acceptors (Lipinski definition) is 4. The van der Waals surface area contributed by atoms with Gasteiger partial charge in [-0.2, -0.15) is 0 Å². The number of fused-ring (bicyclic) bond motifs is 1. The lowest BCUT2D eigenvalue weighted by molar-refractivity contribution is -0.116. The largest absolute Gasteiger partial charge is 0.324 e. The summed E-state index contributed by atoms with van der Waals surface area (Å²) in [5.74, 6) is 0.352. The Morgan fingerprint density at radius 2 is 1.78 bits per heavy atom. The molecule has 3 aromatic rings. The number of benzene rings is 1. The van der Waals surface area contributed by atoms with Gasteiger partial charge >= 0.3 is 0 Å². The second-order valence-electron chi connectivity index (χ2n) is 6.72. The fourth-order valence-electron chi connectivity index (χ4n) is 3.34. The van der Waals surface area contributed by atoms with Crippen molar-refractivity contribution in [3.05, 3.63) is 55.9 Å². The van der Waals surface area contributed by atoms with E-state index in [1.807, 2.05) is 32.0 Å². The third-order valence-electron chi connectivity index (χ3n) is 5.04. The van der Waals surface area contributed by atoms with Crippen molar-refractivity contribution in [3.8, 4) is 0 Å². The standard InChI is InChI=1S/C21H25N3O2S/c1-6-15-9-8-10-16(7-2)19(15)23-17(25)11-24-14(5)22-20-18(21(24)26)12(3)13(4)27-20/h8-10H,6-7,11H2,1-5H3,(H,23,25). The zero-order valence-electron chi connectivity index (χ0n) is 16.5. The molecule has 1 N–H and O–H groups in total. The van der Waals surface area contributed by atoms with E-state index < -0.39 is 0 Å². The summed E-state index contributed by atoms with van der Waals surface area (Å²) in [5, 5.41) is 3.65. The number of nitrogens with zero attached hydrogens (tertiary/aromatic N) is 2. The minimum Gasteiger partial charge on any atom is -0.324 e. The molecule has 0 radical (unpaired) electrons. The lowest BCUT2D eigenvalue weighted by Gasteiger charge is -2.15. The average Bonchev–Trinajstić information content (AvgIpc) is 2.92. The molecule has 0 fully saturated rings. The van der Waals surface area contributed by atoms with Crippen molar-refractivity contribution in [3.63, 3.8) is 0 Å². The summed E-state index contributed by atoms with van der Waals surface area (Å²) >= 11 is 1.52. The van der Waals surface area contributed by atoms with Gasteiger partial charge in [0.2, 0.25) is 5.91 Å². The third-order valence-corrected chi connectivity index (χ3v) is 6.15. The number of aromatic nitrogens is 2.